The average Bonchev–Trinajstić information content (AvgIpc) is 2.71. The molecule has 1 saturated carbocycles. The number of carbonyl (C=O) groups is 2. The van der Waals surface area contributed by atoms with E-state index in [9.17, 15) is 9.59 Å². The quantitative estimate of drug-likeness (QED) is 0.116. The Morgan fingerprint density at radius 3 is 1.53 bits per heavy atom. The van der Waals surface area contributed by atoms with Gasteiger partial charge in [-0.05, 0) is 25.7 Å². The van der Waals surface area contributed by atoms with E-state index in [0.717, 1.165) is 32.1 Å². The molecular weight excluding hydrogens is 376 g/mol. The minimum atomic E-state index is -0.457. The lowest BCUT2D eigenvalue weighted by molar-refractivity contribution is -0.147. The monoisotopic (exact) mass is 422 g/mol. The Balaban J connectivity index is 1.75. The van der Waals surface area contributed by atoms with Crippen molar-refractivity contribution in [2.45, 2.75) is 135 Å². The predicted octanol–water partition coefficient (Wildman–Crippen LogP) is 7.44. The first kappa shape index (κ1) is 26.7. The Hall–Kier alpha value is -1.32. The normalized spacial score (nSPS) is 14.0. The predicted molar refractivity (Wildman–Crippen MR) is 123 cm³/mol. The van der Waals surface area contributed by atoms with Gasteiger partial charge in [-0.2, -0.15) is 0 Å². The first-order valence-electron chi connectivity index (χ1n) is 12.8. The van der Waals surface area contributed by atoms with E-state index >= 15 is 0 Å². The molecule has 0 aromatic carbocycles. The number of esters is 2. The fourth-order valence-corrected chi connectivity index (χ4v) is 3.70. The van der Waals surface area contributed by atoms with Crippen LogP contribution >= 0.6 is 0 Å². The fourth-order valence-electron chi connectivity index (χ4n) is 3.70. The minimum Gasteiger partial charge on any atom is -0.463 e. The third-order valence-electron chi connectivity index (χ3n) is 5.93. The second-order valence-corrected chi connectivity index (χ2v) is 8.79. The zero-order chi connectivity index (χ0) is 21.7. The van der Waals surface area contributed by atoms with Crippen molar-refractivity contribution < 1.29 is 19.1 Å². The highest BCUT2D eigenvalue weighted by Crippen LogP contribution is 2.22. The zero-order valence-corrected chi connectivity index (χ0v) is 19.5. The molecule has 1 rings (SSSR count). The van der Waals surface area contributed by atoms with Crippen LogP contribution in [0.2, 0.25) is 0 Å². The Bertz CT molecular complexity index is 454. The molecule has 0 aromatic heterocycles. The van der Waals surface area contributed by atoms with Crippen molar-refractivity contribution in [1.82, 2.24) is 0 Å². The molecule has 0 bridgehead atoms. The van der Waals surface area contributed by atoms with Crippen LogP contribution in [0.3, 0.4) is 0 Å². The van der Waals surface area contributed by atoms with Gasteiger partial charge in [0.2, 0.25) is 0 Å². The number of rotatable bonds is 20. The van der Waals surface area contributed by atoms with Gasteiger partial charge in [-0.25, -0.2) is 9.59 Å². The molecule has 174 valence electrons. The molecule has 0 saturated heterocycles. The van der Waals surface area contributed by atoms with Crippen molar-refractivity contribution in [2.75, 3.05) is 6.61 Å². The third kappa shape index (κ3) is 16.5. The lowest BCUT2D eigenvalue weighted by Crippen LogP contribution is -2.24. The molecule has 30 heavy (non-hydrogen) atoms. The summed E-state index contributed by atoms with van der Waals surface area (Å²) in [5, 5.41) is 0. The van der Waals surface area contributed by atoms with Crippen LogP contribution in [0.1, 0.15) is 129 Å². The SMILES string of the molecule is CCCCCCCCCCCCCCCCCCOC(=O)/C=C/C(=O)OC1CCC1. The van der Waals surface area contributed by atoms with Gasteiger partial charge >= 0.3 is 11.9 Å². The molecule has 0 N–H and O–H groups in total. The van der Waals surface area contributed by atoms with Gasteiger partial charge in [0.1, 0.15) is 6.10 Å². The highest BCUT2D eigenvalue weighted by Gasteiger charge is 2.20. The summed E-state index contributed by atoms with van der Waals surface area (Å²) in [6, 6.07) is 0. The van der Waals surface area contributed by atoms with Crippen LogP contribution in [-0.4, -0.2) is 24.6 Å². The largest absolute Gasteiger partial charge is 0.463 e. The first-order chi connectivity index (χ1) is 14.7. The van der Waals surface area contributed by atoms with Crippen LogP contribution in [0, 0.1) is 0 Å². The molecule has 0 radical (unpaired) electrons. The Kier molecular flexibility index (Phi) is 17.5. The van der Waals surface area contributed by atoms with Crippen molar-refractivity contribution in [3.8, 4) is 0 Å². The molecule has 4 nitrogen and oxygen atoms in total. The highest BCUT2D eigenvalue weighted by molar-refractivity contribution is 5.91. The van der Waals surface area contributed by atoms with Crippen LogP contribution in [0.4, 0.5) is 0 Å². The van der Waals surface area contributed by atoms with Crippen molar-refractivity contribution in [2.24, 2.45) is 0 Å². The molecule has 0 aromatic rings. The maximum absolute atomic E-state index is 11.6. The van der Waals surface area contributed by atoms with Gasteiger partial charge < -0.3 is 9.47 Å². The number of hydrogen-bond acceptors (Lipinski definition) is 4. The summed E-state index contributed by atoms with van der Waals surface area (Å²) >= 11 is 0. The van der Waals surface area contributed by atoms with E-state index in [1.54, 1.807) is 0 Å². The fraction of sp³-hybridized carbons (Fsp3) is 0.846. The Labute approximate surface area is 185 Å². The second kappa shape index (κ2) is 19.6. The molecule has 0 spiro atoms. The standard InChI is InChI=1S/C26H46O4/c1-2-3-4-5-6-7-8-9-10-11-12-13-14-15-16-17-23-29-25(27)21-22-26(28)30-24-19-18-20-24/h21-22,24H,2-20,23H2,1H3/b22-21+. The van der Waals surface area contributed by atoms with E-state index in [4.69, 9.17) is 9.47 Å². The topological polar surface area (TPSA) is 52.6 Å². The van der Waals surface area contributed by atoms with Gasteiger partial charge in [-0.3, -0.25) is 0 Å². The van der Waals surface area contributed by atoms with E-state index < -0.39 is 11.9 Å². The van der Waals surface area contributed by atoms with Crippen molar-refractivity contribution in [3.05, 3.63) is 12.2 Å². The van der Waals surface area contributed by atoms with Crippen molar-refractivity contribution in [3.63, 3.8) is 0 Å². The van der Waals surface area contributed by atoms with E-state index in [-0.39, 0.29) is 6.10 Å². The molecule has 4 heteroatoms. The number of ether oxygens (including phenoxy) is 2. The summed E-state index contributed by atoms with van der Waals surface area (Å²) in [5.41, 5.74) is 0. The molecule has 0 amide bonds. The summed E-state index contributed by atoms with van der Waals surface area (Å²) in [5.74, 6) is -0.902. The van der Waals surface area contributed by atoms with Crippen molar-refractivity contribution >= 4 is 11.9 Å². The first-order valence-corrected chi connectivity index (χ1v) is 12.8. The van der Waals surface area contributed by atoms with Gasteiger partial charge in [-0.15, -0.1) is 0 Å². The van der Waals surface area contributed by atoms with Gasteiger partial charge in [0, 0.05) is 12.2 Å². The molecule has 1 aliphatic rings. The average molecular weight is 423 g/mol. The van der Waals surface area contributed by atoms with Crippen LogP contribution in [0.25, 0.3) is 0 Å². The number of carbonyl (C=O) groups excluding carboxylic acids is 2. The van der Waals surface area contributed by atoms with Crippen LogP contribution in [0.5, 0.6) is 0 Å². The second-order valence-electron chi connectivity index (χ2n) is 8.79. The number of hydrogen-bond donors (Lipinski definition) is 0. The molecule has 0 atom stereocenters. The van der Waals surface area contributed by atoms with E-state index in [2.05, 4.69) is 6.92 Å². The zero-order valence-electron chi connectivity index (χ0n) is 19.5. The molecular formula is C26H46O4. The van der Waals surface area contributed by atoms with Gasteiger partial charge in [-0.1, -0.05) is 103 Å². The van der Waals surface area contributed by atoms with Crippen molar-refractivity contribution in [1.29, 1.82) is 0 Å². The summed E-state index contributed by atoms with van der Waals surface area (Å²) in [7, 11) is 0. The Morgan fingerprint density at radius 1 is 0.667 bits per heavy atom. The summed E-state index contributed by atoms with van der Waals surface area (Å²) in [6.07, 6.45) is 26.6. The van der Waals surface area contributed by atoms with E-state index in [1.165, 1.54) is 102 Å². The van der Waals surface area contributed by atoms with Crippen LogP contribution in [0.15, 0.2) is 12.2 Å². The summed E-state index contributed by atoms with van der Waals surface area (Å²) in [6.45, 7) is 2.70. The van der Waals surface area contributed by atoms with E-state index in [0.29, 0.717) is 6.61 Å². The molecule has 1 fully saturated rings. The van der Waals surface area contributed by atoms with Gasteiger partial charge in [0.15, 0.2) is 0 Å². The maximum atomic E-state index is 11.6. The van der Waals surface area contributed by atoms with E-state index in [1.807, 2.05) is 0 Å². The number of unbranched alkanes of at least 4 members (excludes halogenated alkanes) is 15. The molecule has 0 heterocycles. The molecule has 1 aliphatic carbocycles. The minimum absolute atomic E-state index is 0.0447. The maximum Gasteiger partial charge on any atom is 0.331 e. The summed E-state index contributed by atoms with van der Waals surface area (Å²) < 4.78 is 10.3. The van der Waals surface area contributed by atoms with Gasteiger partial charge in [0.25, 0.3) is 0 Å². The Morgan fingerprint density at radius 2 is 1.10 bits per heavy atom. The smallest absolute Gasteiger partial charge is 0.331 e. The lowest BCUT2D eigenvalue weighted by Gasteiger charge is -2.24. The third-order valence-corrected chi connectivity index (χ3v) is 5.93. The molecule has 0 aliphatic heterocycles. The lowest BCUT2D eigenvalue weighted by atomic mass is 9.96. The van der Waals surface area contributed by atoms with Crippen LogP contribution < -0.4 is 0 Å². The molecule has 0 unspecified atom stereocenters. The van der Waals surface area contributed by atoms with Gasteiger partial charge in [0.05, 0.1) is 6.61 Å². The van der Waals surface area contributed by atoms with Crippen LogP contribution in [-0.2, 0) is 19.1 Å². The summed E-state index contributed by atoms with van der Waals surface area (Å²) in [4.78, 5) is 23.0. The highest BCUT2D eigenvalue weighted by atomic mass is 16.5.